The molecule has 0 unspecified atom stereocenters. The Hall–Kier alpha value is -1.91. The fraction of sp³-hybridized carbons (Fsp3) is 0.300. The molecule has 0 radical (unpaired) electrons. The maximum absolute atomic E-state index is 11.1. The summed E-state index contributed by atoms with van der Waals surface area (Å²) in [5, 5.41) is 13.2. The van der Waals surface area contributed by atoms with E-state index >= 15 is 0 Å². The maximum Gasteiger partial charge on any atom is 0.354 e. The Bertz CT molecular complexity index is 557. The number of nitrogens with zero attached hydrogens (tertiary/aromatic N) is 3. The average molecular weight is 205 g/mol. The molecule has 1 N–H and O–H groups in total. The molecule has 0 aliphatic heterocycles. The molecule has 0 fully saturated rings. The van der Waals surface area contributed by atoms with Crippen molar-refractivity contribution >= 4 is 11.6 Å². The Morgan fingerprint density at radius 2 is 2.07 bits per heavy atom. The van der Waals surface area contributed by atoms with Crippen molar-refractivity contribution in [3.63, 3.8) is 0 Å². The summed E-state index contributed by atoms with van der Waals surface area (Å²) in [6, 6.07) is 1.84. The SMILES string of the molecule is Cc1nc2cc(C)c(C)c(C(=O)O)n2n1. The smallest absolute Gasteiger partial charge is 0.354 e. The summed E-state index contributed by atoms with van der Waals surface area (Å²) in [7, 11) is 0. The molecule has 78 valence electrons. The van der Waals surface area contributed by atoms with Gasteiger partial charge in [-0.3, -0.25) is 0 Å². The number of fused-ring (bicyclic) bond motifs is 1. The van der Waals surface area contributed by atoms with E-state index in [0.29, 0.717) is 11.5 Å². The number of aromatic carboxylic acids is 1. The highest BCUT2D eigenvalue weighted by molar-refractivity contribution is 5.88. The first kappa shape index (κ1) is 9.64. The van der Waals surface area contributed by atoms with Crippen molar-refractivity contribution in [2.75, 3.05) is 0 Å². The lowest BCUT2D eigenvalue weighted by atomic mass is 10.1. The third kappa shape index (κ3) is 1.36. The molecule has 2 heterocycles. The summed E-state index contributed by atoms with van der Waals surface area (Å²) in [5.41, 5.74) is 2.39. The largest absolute Gasteiger partial charge is 0.477 e. The molecule has 0 aliphatic carbocycles. The van der Waals surface area contributed by atoms with Gasteiger partial charge in [-0.1, -0.05) is 0 Å². The molecule has 0 saturated heterocycles. The maximum atomic E-state index is 11.1. The second-order valence-electron chi connectivity index (χ2n) is 3.54. The molecule has 0 atom stereocenters. The van der Waals surface area contributed by atoms with Gasteiger partial charge >= 0.3 is 5.97 Å². The van der Waals surface area contributed by atoms with Crippen LogP contribution in [0.5, 0.6) is 0 Å². The van der Waals surface area contributed by atoms with E-state index in [4.69, 9.17) is 5.11 Å². The Morgan fingerprint density at radius 1 is 1.40 bits per heavy atom. The van der Waals surface area contributed by atoms with E-state index in [-0.39, 0.29) is 5.69 Å². The van der Waals surface area contributed by atoms with Crippen molar-refractivity contribution in [1.29, 1.82) is 0 Å². The minimum atomic E-state index is -0.980. The van der Waals surface area contributed by atoms with Crippen LogP contribution in [0.4, 0.5) is 0 Å². The quantitative estimate of drug-likeness (QED) is 0.763. The van der Waals surface area contributed by atoms with Gasteiger partial charge in [-0.25, -0.2) is 14.3 Å². The number of aromatic nitrogens is 3. The highest BCUT2D eigenvalue weighted by Crippen LogP contribution is 2.16. The van der Waals surface area contributed by atoms with Gasteiger partial charge in [0.2, 0.25) is 0 Å². The lowest BCUT2D eigenvalue weighted by Crippen LogP contribution is -2.10. The average Bonchev–Trinajstić information content (AvgIpc) is 2.46. The predicted octanol–water partition coefficient (Wildman–Crippen LogP) is 1.35. The fourth-order valence-electron chi connectivity index (χ4n) is 1.59. The van der Waals surface area contributed by atoms with Crippen LogP contribution in [0.3, 0.4) is 0 Å². The van der Waals surface area contributed by atoms with Crippen molar-refractivity contribution in [3.8, 4) is 0 Å². The van der Waals surface area contributed by atoms with Crippen LogP contribution >= 0.6 is 0 Å². The first-order valence-electron chi connectivity index (χ1n) is 4.57. The van der Waals surface area contributed by atoms with Gasteiger partial charge in [-0.15, -0.1) is 0 Å². The van der Waals surface area contributed by atoms with Crippen molar-refractivity contribution in [2.24, 2.45) is 0 Å². The number of aryl methyl sites for hydroxylation is 2. The van der Waals surface area contributed by atoms with E-state index in [2.05, 4.69) is 10.1 Å². The lowest BCUT2D eigenvalue weighted by molar-refractivity contribution is 0.0686. The third-order valence-corrected chi connectivity index (χ3v) is 2.44. The number of rotatable bonds is 1. The topological polar surface area (TPSA) is 67.5 Å². The lowest BCUT2D eigenvalue weighted by Gasteiger charge is -2.06. The van der Waals surface area contributed by atoms with E-state index in [9.17, 15) is 4.79 Å². The summed E-state index contributed by atoms with van der Waals surface area (Å²) in [4.78, 5) is 15.3. The number of pyridine rings is 1. The van der Waals surface area contributed by atoms with Crippen molar-refractivity contribution in [3.05, 3.63) is 28.7 Å². The first-order valence-corrected chi connectivity index (χ1v) is 4.57. The number of hydrogen-bond acceptors (Lipinski definition) is 3. The van der Waals surface area contributed by atoms with Crippen LogP contribution in [0, 0.1) is 20.8 Å². The predicted molar refractivity (Wildman–Crippen MR) is 54.2 cm³/mol. The van der Waals surface area contributed by atoms with Gasteiger partial charge in [0.15, 0.2) is 11.3 Å². The molecule has 2 rings (SSSR count). The van der Waals surface area contributed by atoms with Crippen LogP contribution < -0.4 is 0 Å². The highest BCUT2D eigenvalue weighted by Gasteiger charge is 2.16. The summed E-state index contributed by atoms with van der Waals surface area (Å²) >= 11 is 0. The van der Waals surface area contributed by atoms with Crippen LogP contribution in [0.2, 0.25) is 0 Å². The molecule has 0 amide bonds. The summed E-state index contributed by atoms with van der Waals surface area (Å²) in [5.74, 6) is -0.409. The Morgan fingerprint density at radius 3 is 2.67 bits per heavy atom. The van der Waals surface area contributed by atoms with E-state index in [0.717, 1.165) is 11.1 Å². The van der Waals surface area contributed by atoms with Crippen LogP contribution in [0.15, 0.2) is 6.07 Å². The monoisotopic (exact) mass is 205 g/mol. The molecule has 0 aromatic carbocycles. The van der Waals surface area contributed by atoms with Crippen LogP contribution in [-0.4, -0.2) is 25.7 Å². The summed E-state index contributed by atoms with van der Waals surface area (Å²) in [6.45, 7) is 5.38. The second kappa shape index (κ2) is 3.05. The zero-order valence-electron chi connectivity index (χ0n) is 8.77. The van der Waals surface area contributed by atoms with Crippen molar-refractivity contribution < 1.29 is 9.90 Å². The molecule has 15 heavy (non-hydrogen) atoms. The number of carboxylic acid groups (broad SMARTS) is 1. The molecular formula is C10H11N3O2. The molecule has 0 aliphatic rings. The summed E-state index contributed by atoms with van der Waals surface area (Å²) in [6.07, 6.45) is 0. The first-order chi connectivity index (χ1) is 7.00. The number of carboxylic acids is 1. The molecule has 5 nitrogen and oxygen atoms in total. The van der Waals surface area contributed by atoms with Crippen molar-refractivity contribution in [1.82, 2.24) is 14.6 Å². The molecule has 2 aromatic rings. The Balaban J connectivity index is 2.94. The second-order valence-corrected chi connectivity index (χ2v) is 3.54. The van der Waals surface area contributed by atoms with Crippen LogP contribution in [0.25, 0.3) is 5.65 Å². The third-order valence-electron chi connectivity index (χ3n) is 2.44. The van der Waals surface area contributed by atoms with Gasteiger partial charge in [0.25, 0.3) is 0 Å². The van der Waals surface area contributed by atoms with E-state index in [1.807, 2.05) is 13.0 Å². The zero-order chi connectivity index (χ0) is 11.2. The van der Waals surface area contributed by atoms with Gasteiger partial charge in [-0.05, 0) is 38.0 Å². The van der Waals surface area contributed by atoms with Crippen LogP contribution in [-0.2, 0) is 0 Å². The molecule has 5 heteroatoms. The van der Waals surface area contributed by atoms with Gasteiger partial charge < -0.3 is 5.11 Å². The van der Waals surface area contributed by atoms with Gasteiger partial charge in [0.05, 0.1) is 0 Å². The van der Waals surface area contributed by atoms with E-state index < -0.39 is 5.97 Å². The number of carbonyl (C=O) groups is 1. The molecule has 2 aromatic heterocycles. The van der Waals surface area contributed by atoms with Crippen molar-refractivity contribution in [2.45, 2.75) is 20.8 Å². The minimum absolute atomic E-state index is 0.186. The molecule has 0 spiro atoms. The van der Waals surface area contributed by atoms with E-state index in [1.165, 1.54) is 4.52 Å². The highest BCUT2D eigenvalue weighted by atomic mass is 16.4. The van der Waals surface area contributed by atoms with Gasteiger partial charge in [0.1, 0.15) is 5.82 Å². The zero-order valence-corrected chi connectivity index (χ0v) is 8.77. The molecule has 0 saturated carbocycles. The standard InChI is InChI=1S/C10H11N3O2/c1-5-4-8-11-7(3)12-13(8)9(6(5)2)10(14)15/h4H,1-3H3,(H,14,15). The molecule has 0 bridgehead atoms. The summed E-state index contributed by atoms with van der Waals surface area (Å²) < 4.78 is 1.38. The minimum Gasteiger partial charge on any atom is -0.477 e. The normalized spacial score (nSPS) is 10.9. The van der Waals surface area contributed by atoms with Crippen LogP contribution in [0.1, 0.15) is 27.4 Å². The number of hydrogen-bond donors (Lipinski definition) is 1. The Labute approximate surface area is 86.4 Å². The van der Waals surface area contributed by atoms with Gasteiger partial charge in [0, 0.05) is 0 Å². The fourth-order valence-corrected chi connectivity index (χ4v) is 1.59. The van der Waals surface area contributed by atoms with E-state index in [1.54, 1.807) is 13.8 Å². The Kier molecular flexibility index (Phi) is 1.96. The molecular weight excluding hydrogens is 194 g/mol. The van der Waals surface area contributed by atoms with Gasteiger partial charge in [-0.2, -0.15) is 5.10 Å².